The number of anilines is 1. The number of aliphatic hydroxyl groups excluding tert-OH is 1. The van der Waals surface area contributed by atoms with Crippen LogP contribution in [0.2, 0.25) is 5.15 Å². The molecule has 19 heavy (non-hydrogen) atoms. The van der Waals surface area contributed by atoms with Crippen molar-refractivity contribution >= 4 is 23.3 Å². The van der Waals surface area contributed by atoms with Gasteiger partial charge in [0, 0.05) is 25.7 Å². The Bertz CT molecular complexity index is 481. The molecule has 0 bridgehead atoms. The van der Waals surface area contributed by atoms with Crippen molar-refractivity contribution in [3.05, 3.63) is 22.8 Å². The zero-order valence-electron chi connectivity index (χ0n) is 11.1. The molecule has 0 saturated carbocycles. The van der Waals surface area contributed by atoms with E-state index in [4.69, 9.17) is 11.6 Å². The highest BCUT2D eigenvalue weighted by Gasteiger charge is 2.28. The van der Waals surface area contributed by atoms with Crippen LogP contribution < -0.4 is 5.32 Å². The molecule has 0 aliphatic carbocycles. The highest BCUT2D eigenvalue weighted by Crippen LogP contribution is 2.21. The molecule has 5 nitrogen and oxygen atoms in total. The molecule has 2 N–H and O–H groups in total. The van der Waals surface area contributed by atoms with Crippen molar-refractivity contribution in [3.8, 4) is 0 Å². The van der Waals surface area contributed by atoms with Crippen molar-refractivity contribution in [1.29, 1.82) is 0 Å². The Morgan fingerprint density at radius 1 is 1.58 bits per heavy atom. The molecule has 1 fully saturated rings. The largest absolute Gasteiger partial charge is 0.391 e. The standard InChI is InChI=1S/C13H18ClN3O2/c1-8-3-4-17(7-10(8)18)13(19)9-5-11(14)16-12(6-9)15-2/h5-6,8,10,18H,3-4,7H2,1-2H3,(H,15,16). The summed E-state index contributed by atoms with van der Waals surface area (Å²) >= 11 is 5.89. The van der Waals surface area contributed by atoms with Gasteiger partial charge in [0.1, 0.15) is 11.0 Å². The van der Waals surface area contributed by atoms with Gasteiger partial charge in [0.15, 0.2) is 0 Å². The topological polar surface area (TPSA) is 65.5 Å². The van der Waals surface area contributed by atoms with Gasteiger partial charge in [-0.3, -0.25) is 4.79 Å². The predicted molar refractivity (Wildman–Crippen MR) is 74.5 cm³/mol. The summed E-state index contributed by atoms with van der Waals surface area (Å²) in [6.07, 6.45) is 0.351. The molecule has 1 amide bonds. The first-order valence-electron chi connectivity index (χ1n) is 6.34. The Morgan fingerprint density at radius 2 is 2.32 bits per heavy atom. The van der Waals surface area contributed by atoms with Crippen molar-refractivity contribution in [2.45, 2.75) is 19.4 Å². The van der Waals surface area contributed by atoms with E-state index in [1.165, 1.54) is 0 Å². The number of aliphatic hydroxyl groups is 1. The second-order valence-corrected chi connectivity index (χ2v) is 5.29. The highest BCUT2D eigenvalue weighted by atomic mass is 35.5. The lowest BCUT2D eigenvalue weighted by Gasteiger charge is -2.34. The Balaban J connectivity index is 2.17. The quantitative estimate of drug-likeness (QED) is 0.810. The number of nitrogens with one attached hydrogen (secondary N) is 1. The number of aromatic nitrogens is 1. The molecule has 0 spiro atoms. The molecular weight excluding hydrogens is 266 g/mol. The monoisotopic (exact) mass is 283 g/mol. The molecular formula is C13H18ClN3O2. The zero-order chi connectivity index (χ0) is 14.0. The fourth-order valence-corrected chi connectivity index (χ4v) is 2.37. The van der Waals surface area contributed by atoms with Crippen molar-refractivity contribution < 1.29 is 9.90 Å². The Hall–Kier alpha value is -1.33. The Labute approximate surface area is 117 Å². The molecule has 2 atom stereocenters. The number of amides is 1. The van der Waals surface area contributed by atoms with Gasteiger partial charge in [0.25, 0.3) is 5.91 Å². The minimum Gasteiger partial charge on any atom is -0.391 e. The summed E-state index contributed by atoms with van der Waals surface area (Å²) in [7, 11) is 1.72. The van der Waals surface area contributed by atoms with Crippen molar-refractivity contribution in [2.75, 3.05) is 25.5 Å². The Morgan fingerprint density at radius 3 is 2.95 bits per heavy atom. The van der Waals surface area contributed by atoms with E-state index in [-0.39, 0.29) is 17.0 Å². The summed E-state index contributed by atoms with van der Waals surface area (Å²) in [6, 6.07) is 3.22. The van der Waals surface area contributed by atoms with Crippen molar-refractivity contribution in [2.24, 2.45) is 5.92 Å². The SMILES string of the molecule is CNc1cc(C(=O)N2CCC(C)C(O)C2)cc(Cl)n1. The van der Waals surface area contributed by atoms with Crippen LogP contribution in [0.3, 0.4) is 0 Å². The molecule has 1 aliphatic heterocycles. The van der Waals surface area contributed by atoms with Gasteiger partial charge in [-0.05, 0) is 24.5 Å². The summed E-state index contributed by atoms with van der Waals surface area (Å²) in [5.41, 5.74) is 0.492. The molecule has 0 aromatic carbocycles. The van der Waals surface area contributed by atoms with E-state index in [0.29, 0.717) is 24.5 Å². The fraction of sp³-hybridized carbons (Fsp3) is 0.538. The first-order chi connectivity index (χ1) is 9.01. The van der Waals surface area contributed by atoms with Gasteiger partial charge in [0.2, 0.25) is 0 Å². The number of halogens is 1. The number of rotatable bonds is 2. The normalized spacial score (nSPS) is 23.3. The lowest BCUT2D eigenvalue weighted by atomic mass is 9.95. The van der Waals surface area contributed by atoms with Gasteiger partial charge < -0.3 is 15.3 Å². The van der Waals surface area contributed by atoms with Crippen LogP contribution in [0, 0.1) is 5.92 Å². The van der Waals surface area contributed by atoms with Gasteiger partial charge >= 0.3 is 0 Å². The number of carbonyl (C=O) groups excluding carboxylic acids is 1. The van der Waals surface area contributed by atoms with Gasteiger partial charge in [-0.1, -0.05) is 18.5 Å². The average Bonchev–Trinajstić information content (AvgIpc) is 2.40. The molecule has 2 unspecified atom stereocenters. The maximum atomic E-state index is 12.4. The first-order valence-corrected chi connectivity index (χ1v) is 6.71. The molecule has 0 radical (unpaired) electrons. The third kappa shape index (κ3) is 3.16. The van der Waals surface area contributed by atoms with Crippen molar-refractivity contribution in [3.63, 3.8) is 0 Å². The molecule has 6 heteroatoms. The van der Waals surface area contributed by atoms with E-state index in [0.717, 1.165) is 6.42 Å². The molecule has 2 rings (SSSR count). The van der Waals surface area contributed by atoms with Crippen LogP contribution in [0.4, 0.5) is 5.82 Å². The summed E-state index contributed by atoms with van der Waals surface area (Å²) in [5, 5.41) is 13.0. The number of β-amino-alcohol motifs (C(OH)–C–C–N with tert-alkyl or cyclic N) is 1. The number of likely N-dealkylation sites (tertiary alicyclic amines) is 1. The molecule has 1 saturated heterocycles. The summed E-state index contributed by atoms with van der Waals surface area (Å²) in [5.74, 6) is 0.673. The van der Waals surface area contributed by atoms with Crippen LogP contribution in [-0.2, 0) is 0 Å². The number of nitrogens with zero attached hydrogens (tertiary/aromatic N) is 2. The van der Waals surface area contributed by atoms with E-state index in [9.17, 15) is 9.90 Å². The number of piperidine rings is 1. The van der Waals surface area contributed by atoms with Crippen LogP contribution in [0.25, 0.3) is 0 Å². The van der Waals surface area contributed by atoms with Crippen LogP contribution in [0.1, 0.15) is 23.7 Å². The van der Waals surface area contributed by atoms with E-state index >= 15 is 0 Å². The zero-order valence-corrected chi connectivity index (χ0v) is 11.8. The van der Waals surface area contributed by atoms with Gasteiger partial charge in [-0.15, -0.1) is 0 Å². The Kier molecular flexibility index (Phi) is 4.27. The number of carbonyl (C=O) groups is 1. The number of hydrogen-bond donors (Lipinski definition) is 2. The van der Waals surface area contributed by atoms with E-state index in [2.05, 4.69) is 10.3 Å². The van der Waals surface area contributed by atoms with Crippen molar-refractivity contribution in [1.82, 2.24) is 9.88 Å². The van der Waals surface area contributed by atoms with Gasteiger partial charge in [0.05, 0.1) is 6.10 Å². The predicted octanol–water partition coefficient (Wildman–Crippen LogP) is 1.62. The van der Waals surface area contributed by atoms with Crippen LogP contribution in [-0.4, -0.2) is 47.1 Å². The van der Waals surface area contributed by atoms with E-state index in [1.54, 1.807) is 24.1 Å². The number of pyridine rings is 1. The fourth-order valence-electron chi connectivity index (χ4n) is 2.16. The second-order valence-electron chi connectivity index (χ2n) is 4.90. The van der Waals surface area contributed by atoms with E-state index in [1.807, 2.05) is 6.92 Å². The minimum atomic E-state index is -0.459. The number of hydrogen-bond acceptors (Lipinski definition) is 4. The molecule has 2 heterocycles. The summed E-state index contributed by atoms with van der Waals surface area (Å²) in [4.78, 5) is 18.1. The lowest BCUT2D eigenvalue weighted by Crippen LogP contribution is -2.45. The second kappa shape index (κ2) is 5.75. The average molecular weight is 284 g/mol. The van der Waals surface area contributed by atoms with Crippen LogP contribution >= 0.6 is 11.6 Å². The smallest absolute Gasteiger partial charge is 0.254 e. The van der Waals surface area contributed by atoms with Crippen LogP contribution in [0.5, 0.6) is 0 Å². The van der Waals surface area contributed by atoms with Gasteiger partial charge in [-0.25, -0.2) is 4.98 Å². The van der Waals surface area contributed by atoms with Gasteiger partial charge in [-0.2, -0.15) is 0 Å². The van der Waals surface area contributed by atoms with E-state index < -0.39 is 6.10 Å². The maximum Gasteiger partial charge on any atom is 0.254 e. The highest BCUT2D eigenvalue weighted by molar-refractivity contribution is 6.29. The third-order valence-electron chi connectivity index (χ3n) is 3.50. The lowest BCUT2D eigenvalue weighted by molar-refractivity contribution is 0.0248. The maximum absolute atomic E-state index is 12.4. The summed E-state index contributed by atoms with van der Waals surface area (Å²) in [6.45, 7) is 3.02. The first kappa shape index (κ1) is 14.1. The third-order valence-corrected chi connectivity index (χ3v) is 3.70. The minimum absolute atomic E-state index is 0.119. The molecule has 1 aromatic heterocycles. The molecule has 1 aromatic rings. The van der Waals surface area contributed by atoms with Crippen LogP contribution in [0.15, 0.2) is 12.1 Å². The molecule has 1 aliphatic rings. The molecule has 104 valence electrons. The summed E-state index contributed by atoms with van der Waals surface area (Å²) < 4.78 is 0.